The minimum absolute atomic E-state index is 0.0848. The summed E-state index contributed by atoms with van der Waals surface area (Å²) in [6.45, 7) is 0. The Hall–Kier alpha value is -1.49. The second kappa shape index (κ2) is 5.23. The number of ether oxygens (including phenoxy) is 1. The normalized spacial score (nSPS) is 10.3. The highest BCUT2D eigenvalue weighted by molar-refractivity contribution is 9.08. The Balaban J connectivity index is 2.19. The van der Waals surface area contributed by atoms with Crippen LogP contribution in [0.15, 0.2) is 36.5 Å². The number of pyridine rings is 1. The highest BCUT2D eigenvalue weighted by Gasteiger charge is 2.03. The summed E-state index contributed by atoms with van der Waals surface area (Å²) in [5.74, 6) is -0.990. The molecule has 0 bridgehead atoms. The molecule has 5 heteroatoms. The third-order valence-electron chi connectivity index (χ3n) is 2.01. The van der Waals surface area contributed by atoms with Crippen LogP contribution < -0.4 is 4.74 Å². The van der Waals surface area contributed by atoms with Crippen LogP contribution in [0.25, 0.3) is 0 Å². The maximum atomic E-state index is 12.9. The maximum Gasteiger partial charge on any atom is 0.219 e. The Labute approximate surface area is 105 Å². The highest BCUT2D eigenvalue weighted by Crippen LogP contribution is 2.21. The van der Waals surface area contributed by atoms with E-state index in [1.165, 1.54) is 0 Å². The lowest BCUT2D eigenvalue weighted by Crippen LogP contribution is -1.90. The number of aromatic nitrogens is 1. The molecule has 0 amide bonds. The summed E-state index contributed by atoms with van der Waals surface area (Å²) in [7, 11) is 0. The molecule has 0 aliphatic carbocycles. The van der Waals surface area contributed by atoms with Crippen molar-refractivity contribution in [1.82, 2.24) is 4.98 Å². The first-order valence-electron chi connectivity index (χ1n) is 4.82. The first-order valence-corrected chi connectivity index (χ1v) is 5.94. The number of hydrogen-bond donors (Lipinski definition) is 0. The molecule has 2 nitrogen and oxygen atoms in total. The molecule has 0 N–H and O–H groups in total. The molecule has 0 spiro atoms. The molecule has 0 atom stereocenters. The Morgan fingerprint density at radius 2 is 1.82 bits per heavy atom. The van der Waals surface area contributed by atoms with Crippen LogP contribution in [0, 0.1) is 11.6 Å². The van der Waals surface area contributed by atoms with E-state index in [0.717, 1.165) is 23.8 Å². The van der Waals surface area contributed by atoms with Crippen LogP contribution in [-0.4, -0.2) is 4.98 Å². The van der Waals surface area contributed by atoms with Crippen molar-refractivity contribution >= 4 is 15.9 Å². The Morgan fingerprint density at radius 3 is 2.35 bits per heavy atom. The topological polar surface area (TPSA) is 22.1 Å². The third-order valence-corrected chi connectivity index (χ3v) is 2.66. The number of hydrogen-bond acceptors (Lipinski definition) is 2. The fraction of sp³-hybridized carbons (Fsp3) is 0.0833. The fourth-order valence-electron chi connectivity index (χ4n) is 1.26. The molecule has 2 aromatic rings. The van der Waals surface area contributed by atoms with Crippen LogP contribution in [0.5, 0.6) is 11.6 Å². The summed E-state index contributed by atoms with van der Waals surface area (Å²) in [5, 5.41) is 0.689. The van der Waals surface area contributed by atoms with Gasteiger partial charge in [0.2, 0.25) is 5.88 Å². The van der Waals surface area contributed by atoms with E-state index in [1.807, 2.05) is 6.07 Å². The number of rotatable bonds is 3. The average Bonchev–Trinajstić information content (AvgIpc) is 2.28. The standard InChI is InChI=1S/C12H8BrF2NO/c13-6-8-1-2-12(16-7-8)17-11-4-9(14)3-10(15)5-11/h1-5,7H,6H2. The molecule has 0 saturated carbocycles. The smallest absolute Gasteiger partial charge is 0.219 e. The van der Waals surface area contributed by atoms with Gasteiger partial charge in [0.1, 0.15) is 17.4 Å². The van der Waals surface area contributed by atoms with Crippen molar-refractivity contribution in [3.05, 3.63) is 53.7 Å². The molecule has 0 aliphatic rings. The molecule has 0 aliphatic heterocycles. The SMILES string of the molecule is Fc1cc(F)cc(Oc2ccc(CBr)cn2)c1. The van der Waals surface area contributed by atoms with E-state index in [0.29, 0.717) is 11.2 Å². The molecule has 2 rings (SSSR count). The summed E-state index contributed by atoms with van der Waals surface area (Å²) in [6, 6.07) is 6.44. The zero-order valence-corrected chi connectivity index (χ0v) is 10.2. The van der Waals surface area contributed by atoms with Gasteiger partial charge in [-0.05, 0) is 5.56 Å². The Bertz CT molecular complexity index is 496. The second-order valence-electron chi connectivity index (χ2n) is 3.35. The Kier molecular flexibility index (Phi) is 3.68. The fourth-order valence-corrected chi connectivity index (χ4v) is 1.59. The minimum Gasteiger partial charge on any atom is -0.439 e. The number of benzene rings is 1. The van der Waals surface area contributed by atoms with Crippen LogP contribution in [0.3, 0.4) is 0 Å². The van der Waals surface area contributed by atoms with Crippen LogP contribution in [0.4, 0.5) is 8.78 Å². The minimum atomic E-state index is -0.683. The van der Waals surface area contributed by atoms with Crippen LogP contribution >= 0.6 is 15.9 Å². The average molecular weight is 300 g/mol. The van der Waals surface area contributed by atoms with Gasteiger partial charge in [-0.1, -0.05) is 22.0 Å². The van der Waals surface area contributed by atoms with Gasteiger partial charge >= 0.3 is 0 Å². The molecular formula is C12H8BrF2NO. The Morgan fingerprint density at radius 1 is 1.12 bits per heavy atom. The summed E-state index contributed by atoms with van der Waals surface area (Å²) in [4.78, 5) is 4.01. The van der Waals surface area contributed by atoms with E-state index in [9.17, 15) is 8.78 Å². The van der Waals surface area contributed by atoms with Crippen LogP contribution in [-0.2, 0) is 5.33 Å². The molecule has 1 aromatic carbocycles. The van der Waals surface area contributed by atoms with E-state index in [1.54, 1.807) is 12.3 Å². The van der Waals surface area contributed by atoms with Crippen molar-refractivity contribution in [2.24, 2.45) is 0 Å². The van der Waals surface area contributed by atoms with E-state index in [-0.39, 0.29) is 5.75 Å². The van der Waals surface area contributed by atoms with Crippen molar-refractivity contribution in [2.45, 2.75) is 5.33 Å². The van der Waals surface area contributed by atoms with Gasteiger partial charge in [-0.25, -0.2) is 13.8 Å². The van der Waals surface area contributed by atoms with Gasteiger partial charge in [0, 0.05) is 35.8 Å². The molecule has 88 valence electrons. The molecule has 0 fully saturated rings. The van der Waals surface area contributed by atoms with Gasteiger partial charge in [0.05, 0.1) is 0 Å². The number of halogens is 3. The predicted octanol–water partition coefficient (Wildman–Crippen LogP) is 4.05. The molecule has 0 unspecified atom stereocenters. The third kappa shape index (κ3) is 3.23. The zero-order chi connectivity index (χ0) is 12.3. The maximum absolute atomic E-state index is 12.9. The summed E-state index contributed by atoms with van der Waals surface area (Å²) < 4.78 is 31.0. The van der Waals surface area contributed by atoms with Gasteiger partial charge in [-0.2, -0.15) is 0 Å². The van der Waals surface area contributed by atoms with Gasteiger partial charge in [-0.3, -0.25) is 0 Å². The van der Waals surface area contributed by atoms with Crippen molar-refractivity contribution in [2.75, 3.05) is 0 Å². The van der Waals surface area contributed by atoms with E-state index in [2.05, 4.69) is 20.9 Å². The van der Waals surface area contributed by atoms with Gasteiger partial charge < -0.3 is 4.74 Å². The van der Waals surface area contributed by atoms with E-state index < -0.39 is 11.6 Å². The van der Waals surface area contributed by atoms with Gasteiger partial charge in [-0.15, -0.1) is 0 Å². The molecule has 0 saturated heterocycles. The van der Waals surface area contributed by atoms with Gasteiger partial charge in [0.15, 0.2) is 0 Å². The predicted molar refractivity (Wildman–Crippen MR) is 63.3 cm³/mol. The van der Waals surface area contributed by atoms with E-state index >= 15 is 0 Å². The number of alkyl halides is 1. The lowest BCUT2D eigenvalue weighted by atomic mass is 10.3. The van der Waals surface area contributed by atoms with Crippen molar-refractivity contribution in [3.63, 3.8) is 0 Å². The second-order valence-corrected chi connectivity index (χ2v) is 3.91. The molecule has 0 radical (unpaired) electrons. The first kappa shape index (κ1) is 12.0. The zero-order valence-electron chi connectivity index (χ0n) is 8.66. The summed E-state index contributed by atoms with van der Waals surface area (Å²) in [5.41, 5.74) is 0.989. The molecule has 1 aromatic heterocycles. The number of nitrogens with zero attached hydrogens (tertiary/aromatic N) is 1. The van der Waals surface area contributed by atoms with Gasteiger partial charge in [0.25, 0.3) is 0 Å². The largest absolute Gasteiger partial charge is 0.439 e. The lowest BCUT2D eigenvalue weighted by Gasteiger charge is -2.05. The monoisotopic (exact) mass is 299 g/mol. The van der Waals surface area contributed by atoms with E-state index in [4.69, 9.17) is 4.74 Å². The van der Waals surface area contributed by atoms with Crippen LogP contribution in [0.1, 0.15) is 5.56 Å². The quantitative estimate of drug-likeness (QED) is 0.798. The van der Waals surface area contributed by atoms with Crippen LogP contribution in [0.2, 0.25) is 0 Å². The van der Waals surface area contributed by atoms with Crippen molar-refractivity contribution in [3.8, 4) is 11.6 Å². The summed E-state index contributed by atoms with van der Waals surface area (Å²) >= 11 is 3.29. The lowest BCUT2D eigenvalue weighted by molar-refractivity contribution is 0.451. The highest BCUT2D eigenvalue weighted by atomic mass is 79.9. The first-order chi connectivity index (χ1) is 8.17. The van der Waals surface area contributed by atoms with Crippen molar-refractivity contribution in [1.29, 1.82) is 0 Å². The summed E-state index contributed by atoms with van der Waals surface area (Å²) in [6.07, 6.45) is 1.62. The molecular weight excluding hydrogens is 292 g/mol. The molecule has 1 heterocycles. The van der Waals surface area contributed by atoms with Crippen molar-refractivity contribution < 1.29 is 13.5 Å². The molecule has 17 heavy (non-hydrogen) atoms.